The molecule has 0 aliphatic carbocycles. The van der Waals surface area contributed by atoms with Gasteiger partial charge < -0.3 is 15.5 Å². The maximum atomic E-state index is 13.1. The van der Waals surface area contributed by atoms with Gasteiger partial charge in [0.25, 0.3) is 0 Å². The standard InChI is InChI=1S/C30H33N3O2S/c1-30(2,3)25-15-13-21(14-16-25)28(35)22-10-6-11-26(18-22)32-29(36)31-19-23-8-4-5-9-24(23)20-33-17-7-12-27(33)34/h4-6,8-11,13-16,18H,7,12,17,19-20H2,1-3H3,(H2,31,32,36). The molecular weight excluding hydrogens is 466 g/mol. The van der Waals surface area contributed by atoms with Crippen molar-refractivity contribution in [2.75, 3.05) is 11.9 Å². The van der Waals surface area contributed by atoms with Crippen LogP contribution < -0.4 is 10.6 Å². The van der Waals surface area contributed by atoms with Crippen molar-refractivity contribution in [3.63, 3.8) is 0 Å². The van der Waals surface area contributed by atoms with Crippen LogP contribution in [0.2, 0.25) is 0 Å². The van der Waals surface area contributed by atoms with E-state index in [1.54, 1.807) is 0 Å². The van der Waals surface area contributed by atoms with Crippen LogP contribution >= 0.6 is 12.2 Å². The lowest BCUT2D eigenvalue weighted by molar-refractivity contribution is -0.128. The smallest absolute Gasteiger partial charge is 0.222 e. The second kappa shape index (κ2) is 11.0. The number of amides is 1. The van der Waals surface area contributed by atoms with Crippen LogP contribution in [-0.2, 0) is 23.3 Å². The molecule has 186 valence electrons. The van der Waals surface area contributed by atoms with E-state index >= 15 is 0 Å². The minimum atomic E-state index is -0.0247. The van der Waals surface area contributed by atoms with E-state index in [0.717, 1.165) is 29.8 Å². The highest BCUT2D eigenvalue weighted by atomic mass is 32.1. The molecule has 1 aliphatic rings. The molecule has 2 N–H and O–H groups in total. The Kier molecular flexibility index (Phi) is 7.85. The zero-order valence-electron chi connectivity index (χ0n) is 21.1. The number of nitrogens with one attached hydrogen (secondary N) is 2. The highest BCUT2D eigenvalue weighted by Gasteiger charge is 2.21. The lowest BCUT2D eigenvalue weighted by Gasteiger charge is -2.19. The van der Waals surface area contributed by atoms with Gasteiger partial charge in [0.2, 0.25) is 5.91 Å². The number of anilines is 1. The minimum absolute atomic E-state index is 0.0247. The predicted octanol–water partition coefficient (Wildman–Crippen LogP) is 5.82. The van der Waals surface area contributed by atoms with Crippen LogP contribution in [0.25, 0.3) is 0 Å². The summed E-state index contributed by atoms with van der Waals surface area (Å²) < 4.78 is 0. The summed E-state index contributed by atoms with van der Waals surface area (Å²) in [5.41, 5.74) is 5.47. The van der Waals surface area contributed by atoms with E-state index in [4.69, 9.17) is 12.2 Å². The van der Waals surface area contributed by atoms with Crippen molar-refractivity contribution in [2.45, 2.75) is 52.1 Å². The average Bonchev–Trinajstić information content (AvgIpc) is 3.27. The van der Waals surface area contributed by atoms with Crippen molar-refractivity contribution in [3.05, 3.63) is 101 Å². The molecule has 0 radical (unpaired) electrons. The van der Waals surface area contributed by atoms with Crippen LogP contribution in [0.4, 0.5) is 5.69 Å². The largest absolute Gasteiger partial charge is 0.358 e. The van der Waals surface area contributed by atoms with Crippen LogP contribution in [0.5, 0.6) is 0 Å². The molecule has 0 unspecified atom stereocenters. The number of carbonyl (C=O) groups excluding carboxylic acids is 2. The molecule has 1 saturated heterocycles. The lowest BCUT2D eigenvalue weighted by Crippen LogP contribution is -2.29. The molecule has 1 fully saturated rings. The quantitative estimate of drug-likeness (QED) is 0.317. The number of carbonyl (C=O) groups is 2. The Morgan fingerprint density at radius 1 is 0.944 bits per heavy atom. The zero-order valence-corrected chi connectivity index (χ0v) is 22.0. The molecule has 3 aromatic rings. The molecule has 0 aromatic heterocycles. The Bertz CT molecular complexity index is 1260. The van der Waals surface area contributed by atoms with Crippen molar-refractivity contribution < 1.29 is 9.59 Å². The van der Waals surface area contributed by atoms with Crippen molar-refractivity contribution in [3.8, 4) is 0 Å². The monoisotopic (exact) mass is 499 g/mol. The summed E-state index contributed by atoms with van der Waals surface area (Å²) in [4.78, 5) is 27.0. The van der Waals surface area contributed by atoms with Crippen LogP contribution in [0.15, 0.2) is 72.8 Å². The summed E-state index contributed by atoms with van der Waals surface area (Å²) in [6.07, 6.45) is 1.56. The fraction of sp³-hybridized carbons (Fsp3) is 0.300. The molecule has 1 aliphatic heterocycles. The molecule has 6 heteroatoms. The number of hydrogen-bond acceptors (Lipinski definition) is 3. The molecule has 1 heterocycles. The number of nitrogens with zero attached hydrogens (tertiary/aromatic N) is 1. The third-order valence-electron chi connectivity index (χ3n) is 6.49. The Hall–Kier alpha value is -3.51. The summed E-state index contributed by atoms with van der Waals surface area (Å²) in [5, 5.41) is 6.92. The van der Waals surface area contributed by atoms with Gasteiger partial charge in [0.05, 0.1) is 0 Å². The third-order valence-corrected chi connectivity index (χ3v) is 6.73. The lowest BCUT2D eigenvalue weighted by atomic mass is 9.86. The van der Waals surface area contributed by atoms with Crippen molar-refractivity contribution in [1.29, 1.82) is 0 Å². The first kappa shape index (κ1) is 25.6. The molecule has 5 nitrogen and oxygen atoms in total. The second-order valence-electron chi connectivity index (χ2n) is 10.2. The Labute approximate surface area is 218 Å². The van der Waals surface area contributed by atoms with E-state index < -0.39 is 0 Å². The number of likely N-dealkylation sites (tertiary alicyclic amines) is 1. The molecule has 36 heavy (non-hydrogen) atoms. The van der Waals surface area contributed by atoms with Gasteiger partial charge in [-0.2, -0.15) is 0 Å². The summed E-state index contributed by atoms with van der Waals surface area (Å²) in [7, 11) is 0. The third kappa shape index (κ3) is 6.38. The van der Waals surface area contributed by atoms with Gasteiger partial charge in [-0.05, 0) is 52.9 Å². The number of benzene rings is 3. The minimum Gasteiger partial charge on any atom is -0.358 e. The van der Waals surface area contributed by atoms with Crippen LogP contribution in [0.3, 0.4) is 0 Å². The zero-order chi connectivity index (χ0) is 25.7. The number of thiocarbonyl (C=S) groups is 1. The molecule has 0 spiro atoms. The van der Waals surface area contributed by atoms with Crippen LogP contribution in [0.1, 0.15) is 66.2 Å². The van der Waals surface area contributed by atoms with Crippen LogP contribution in [0, 0.1) is 0 Å². The highest BCUT2D eigenvalue weighted by Crippen LogP contribution is 2.23. The first-order chi connectivity index (χ1) is 17.2. The van der Waals surface area contributed by atoms with Gasteiger partial charge in [-0.1, -0.05) is 81.4 Å². The maximum absolute atomic E-state index is 13.1. The molecule has 0 bridgehead atoms. The number of hydrogen-bond donors (Lipinski definition) is 2. The van der Waals surface area contributed by atoms with E-state index in [2.05, 4.69) is 43.5 Å². The summed E-state index contributed by atoms with van der Waals surface area (Å²) >= 11 is 5.52. The van der Waals surface area contributed by atoms with E-state index in [-0.39, 0.29) is 17.1 Å². The normalized spacial score (nSPS) is 13.5. The first-order valence-electron chi connectivity index (χ1n) is 12.4. The summed E-state index contributed by atoms with van der Waals surface area (Å²) in [6.45, 7) is 8.45. The van der Waals surface area contributed by atoms with Crippen molar-refractivity contribution in [1.82, 2.24) is 10.2 Å². The van der Waals surface area contributed by atoms with E-state index in [9.17, 15) is 9.59 Å². The molecule has 0 saturated carbocycles. The number of ketones is 1. The van der Waals surface area contributed by atoms with Gasteiger partial charge in [0.1, 0.15) is 0 Å². The van der Waals surface area contributed by atoms with Gasteiger partial charge in [-0.3, -0.25) is 9.59 Å². The van der Waals surface area contributed by atoms with E-state index in [1.807, 2.05) is 65.6 Å². The van der Waals surface area contributed by atoms with Crippen molar-refractivity contribution in [2.24, 2.45) is 0 Å². The molecule has 4 rings (SSSR count). The molecule has 1 amide bonds. The van der Waals surface area contributed by atoms with Gasteiger partial charge in [0.15, 0.2) is 10.9 Å². The highest BCUT2D eigenvalue weighted by molar-refractivity contribution is 7.80. The number of rotatable bonds is 7. The fourth-order valence-electron chi connectivity index (χ4n) is 4.34. The van der Waals surface area contributed by atoms with Gasteiger partial charge >= 0.3 is 0 Å². The Balaban J connectivity index is 1.37. The van der Waals surface area contributed by atoms with E-state index in [0.29, 0.717) is 35.7 Å². The maximum Gasteiger partial charge on any atom is 0.222 e. The predicted molar refractivity (Wildman–Crippen MR) is 149 cm³/mol. The van der Waals surface area contributed by atoms with Gasteiger partial charge in [-0.25, -0.2) is 0 Å². The van der Waals surface area contributed by atoms with Gasteiger partial charge in [0, 0.05) is 42.9 Å². The SMILES string of the molecule is CC(C)(C)c1ccc(C(=O)c2cccc(NC(=S)NCc3ccccc3CN3CCCC3=O)c2)cc1. The van der Waals surface area contributed by atoms with Crippen molar-refractivity contribution >= 4 is 34.7 Å². The molecule has 3 aromatic carbocycles. The first-order valence-corrected chi connectivity index (χ1v) is 12.8. The Morgan fingerprint density at radius 3 is 2.33 bits per heavy atom. The average molecular weight is 500 g/mol. The van der Waals surface area contributed by atoms with Crippen LogP contribution in [-0.4, -0.2) is 28.2 Å². The molecular formula is C30H33N3O2S. The molecule has 0 atom stereocenters. The topological polar surface area (TPSA) is 61.4 Å². The Morgan fingerprint density at radius 2 is 1.67 bits per heavy atom. The van der Waals surface area contributed by atoms with Gasteiger partial charge in [-0.15, -0.1) is 0 Å². The van der Waals surface area contributed by atoms with E-state index in [1.165, 1.54) is 5.56 Å². The summed E-state index contributed by atoms with van der Waals surface area (Å²) in [6, 6.07) is 23.3. The second-order valence-corrected chi connectivity index (χ2v) is 10.6. The fourth-order valence-corrected chi connectivity index (χ4v) is 4.53. The summed E-state index contributed by atoms with van der Waals surface area (Å²) in [5.74, 6) is 0.192.